The molecule has 24 heteroatoms. The minimum Gasteiger partial charge on any atom is -0.756 e. The van der Waals surface area contributed by atoms with Crippen molar-refractivity contribution in [3.8, 4) is 10.4 Å². The Kier molecular flexibility index (Phi) is 14.7. The molecule has 39 heavy (non-hydrogen) atoms. The average Bonchev–Trinajstić information content (AvgIpc) is 3.44. The minimum atomic E-state index is -6.10. The molecule has 0 saturated carbocycles. The summed E-state index contributed by atoms with van der Waals surface area (Å²) in [5.74, 6) is 0.134. The molecule has 3 aromatic heterocycles. The molecule has 5 N–H and O–H groups in total. The van der Waals surface area contributed by atoms with Crippen molar-refractivity contribution in [2.24, 2.45) is 0 Å². The first kappa shape index (κ1) is 38.4. The van der Waals surface area contributed by atoms with Gasteiger partial charge in [-0.05, 0) is 11.4 Å². The number of hydrogen-bond acceptors (Lipinski definition) is 16. The number of hydrogen-bond donors (Lipinski definition) is 4. The molecular weight excluding hydrogens is 638 g/mol. The molecule has 0 bridgehead atoms. The van der Waals surface area contributed by atoms with Gasteiger partial charge in [0, 0.05) is 16.6 Å². The first-order valence-electron chi connectivity index (χ1n) is 9.57. The van der Waals surface area contributed by atoms with E-state index in [1.807, 2.05) is 5.38 Å². The van der Waals surface area contributed by atoms with Crippen LogP contribution in [0.15, 0.2) is 30.0 Å². The number of nitrogens with zero attached hydrogens (tertiary/aromatic N) is 3. The molecule has 1 saturated heterocycles. The molecule has 1 fully saturated rings. The van der Waals surface area contributed by atoms with E-state index in [4.69, 9.17) is 15.4 Å². The molecule has 7 atom stereocenters. The van der Waals surface area contributed by atoms with Crippen molar-refractivity contribution in [1.29, 1.82) is 0 Å². The van der Waals surface area contributed by atoms with E-state index in [9.17, 15) is 38.6 Å². The van der Waals surface area contributed by atoms with E-state index in [1.54, 1.807) is 18.3 Å². The minimum absolute atomic E-state index is 0. The molecule has 3 unspecified atom stereocenters. The Morgan fingerprint density at radius 2 is 1.74 bits per heavy atom. The smallest absolute Gasteiger partial charge is 0.756 e. The number of aliphatic hydroxyl groups is 2. The molecular formula is C15H16N4Na3O13P3S. The van der Waals surface area contributed by atoms with Crippen LogP contribution in [-0.2, 0) is 31.6 Å². The fourth-order valence-electron chi connectivity index (χ4n) is 3.47. The van der Waals surface area contributed by atoms with E-state index in [0.29, 0.717) is 10.9 Å². The van der Waals surface area contributed by atoms with Gasteiger partial charge in [0.15, 0.2) is 6.23 Å². The van der Waals surface area contributed by atoms with Crippen LogP contribution in [0.25, 0.3) is 21.5 Å². The van der Waals surface area contributed by atoms with Gasteiger partial charge in [0.25, 0.3) is 23.5 Å². The number of aromatic nitrogens is 3. The number of nitrogen functional groups attached to an aromatic ring is 1. The second kappa shape index (κ2) is 14.9. The SMILES string of the molecule is Nc1ncnc2c1c(-c1cccs1)cn2[C@@H]1O[C@H](COP(=O)([O-])OP(=O)([O-])OP(=O)([O-])O)[C@@H](O)[C@H]1O.[Na+].[Na+].[Na+]. The first-order valence-corrected chi connectivity index (χ1v) is 14.9. The van der Waals surface area contributed by atoms with Crippen LogP contribution in [-0.4, -0.2) is 54.6 Å². The molecule has 1 aliphatic heterocycles. The zero-order chi connectivity index (χ0) is 26.5. The molecule has 0 spiro atoms. The number of anilines is 1. The van der Waals surface area contributed by atoms with Crippen LogP contribution in [0.1, 0.15) is 6.23 Å². The Morgan fingerprint density at radius 3 is 2.33 bits per heavy atom. The molecule has 3 aromatic rings. The van der Waals surface area contributed by atoms with Crippen LogP contribution < -0.4 is 109 Å². The monoisotopic (exact) mass is 654 g/mol. The molecule has 0 amide bonds. The van der Waals surface area contributed by atoms with Crippen molar-refractivity contribution in [2.45, 2.75) is 24.5 Å². The summed E-state index contributed by atoms with van der Waals surface area (Å²) < 4.78 is 51.6. The van der Waals surface area contributed by atoms with E-state index in [1.165, 1.54) is 22.2 Å². The molecule has 17 nitrogen and oxygen atoms in total. The largest absolute Gasteiger partial charge is 1.00 e. The molecule has 0 aromatic carbocycles. The summed E-state index contributed by atoms with van der Waals surface area (Å²) in [4.78, 5) is 51.0. The Labute approximate surface area is 290 Å². The normalized spacial score (nSPS) is 25.4. The third-order valence-electron chi connectivity index (χ3n) is 4.84. The second-order valence-electron chi connectivity index (χ2n) is 7.25. The molecule has 1 aliphatic rings. The zero-order valence-electron chi connectivity index (χ0n) is 20.5. The standard InChI is InChI=1S/C15H19N4O13P3S.3Na/c16-13-10-7(9-2-1-3-36-9)4-19(14(10)18-6-17-13)15-12(21)11(20)8(30-15)5-29-34(25,26)32-35(27,28)31-33(22,23)24;;;/h1-4,6,8,11-12,15,20-21H,5H2,(H,25,26)(H,27,28)(H2,16,17,18)(H2,22,23,24);;;/q;3*+1/p-3/t8-,11-,12-,15-;;;/m1.../s1. The third-order valence-corrected chi connectivity index (χ3v) is 9.43. The van der Waals surface area contributed by atoms with E-state index in [2.05, 4.69) is 23.1 Å². The van der Waals surface area contributed by atoms with Gasteiger partial charge in [-0.1, -0.05) is 6.07 Å². The summed E-state index contributed by atoms with van der Waals surface area (Å²) in [6.45, 7) is -1.06. The van der Waals surface area contributed by atoms with E-state index < -0.39 is 54.6 Å². The van der Waals surface area contributed by atoms with Crippen molar-refractivity contribution in [3.63, 3.8) is 0 Å². The van der Waals surface area contributed by atoms with Crippen LogP contribution in [0.3, 0.4) is 0 Å². The number of aliphatic hydroxyl groups excluding tert-OH is 2. The number of phosphoric ester groups is 1. The van der Waals surface area contributed by atoms with Gasteiger partial charge in [-0.3, -0.25) is 13.7 Å². The van der Waals surface area contributed by atoms with Crippen molar-refractivity contribution in [3.05, 3.63) is 30.0 Å². The van der Waals surface area contributed by atoms with Crippen molar-refractivity contribution in [1.82, 2.24) is 14.5 Å². The fourth-order valence-corrected chi connectivity index (χ4v) is 7.11. The summed E-state index contributed by atoms with van der Waals surface area (Å²) in [5.41, 5.74) is 6.86. The second-order valence-corrected chi connectivity index (χ2v) is 12.5. The van der Waals surface area contributed by atoms with Crippen LogP contribution >= 0.6 is 34.8 Å². The maximum Gasteiger partial charge on any atom is 1.00 e. The summed E-state index contributed by atoms with van der Waals surface area (Å²) in [6, 6.07) is 3.60. The Bertz CT molecular complexity index is 1410. The number of rotatable bonds is 9. The number of thiophene rings is 1. The summed E-state index contributed by atoms with van der Waals surface area (Å²) in [6.07, 6.45) is -3.50. The average molecular weight is 654 g/mol. The fraction of sp³-hybridized carbons (Fsp3) is 0.333. The number of nitrogens with two attached hydrogens (primary N) is 1. The summed E-state index contributed by atoms with van der Waals surface area (Å²) >= 11 is 1.39. The van der Waals surface area contributed by atoms with Gasteiger partial charge in [0.1, 0.15) is 36.1 Å². The van der Waals surface area contributed by atoms with Gasteiger partial charge in [-0.15, -0.1) is 11.3 Å². The van der Waals surface area contributed by atoms with Gasteiger partial charge in [-0.25, -0.2) is 18.6 Å². The van der Waals surface area contributed by atoms with Crippen molar-refractivity contribution < 1.29 is 150 Å². The zero-order valence-corrected chi connectivity index (χ0v) is 30.0. The van der Waals surface area contributed by atoms with Crippen LogP contribution in [0.4, 0.5) is 5.82 Å². The van der Waals surface area contributed by atoms with Gasteiger partial charge in [0.05, 0.1) is 12.0 Å². The van der Waals surface area contributed by atoms with Crippen molar-refractivity contribution in [2.75, 3.05) is 12.3 Å². The summed E-state index contributed by atoms with van der Waals surface area (Å²) in [7, 11) is -17.8. The number of ether oxygens (including phenoxy) is 1. The van der Waals surface area contributed by atoms with Crippen LogP contribution in [0.5, 0.6) is 0 Å². The molecule has 0 aliphatic carbocycles. The molecule has 198 valence electrons. The summed E-state index contributed by atoms with van der Waals surface area (Å²) in [5, 5.41) is 23.2. The number of phosphoric acid groups is 3. The third kappa shape index (κ3) is 9.45. The molecule has 4 rings (SSSR count). The van der Waals surface area contributed by atoms with E-state index in [0.717, 1.165) is 4.88 Å². The van der Waals surface area contributed by atoms with E-state index in [-0.39, 0.29) is 100 Å². The van der Waals surface area contributed by atoms with Crippen LogP contribution in [0.2, 0.25) is 0 Å². The van der Waals surface area contributed by atoms with Gasteiger partial charge in [-0.2, -0.15) is 0 Å². The predicted molar refractivity (Wildman–Crippen MR) is 114 cm³/mol. The topological polar surface area (TPSA) is 275 Å². The first-order chi connectivity index (χ1) is 16.7. The van der Waals surface area contributed by atoms with Crippen LogP contribution in [0, 0.1) is 0 Å². The Morgan fingerprint density at radius 1 is 1.08 bits per heavy atom. The van der Waals surface area contributed by atoms with Gasteiger partial charge in [0.2, 0.25) is 0 Å². The molecule has 4 heterocycles. The number of fused-ring (bicyclic) bond motifs is 1. The Balaban J connectivity index is 0.00000253. The van der Waals surface area contributed by atoms with Gasteiger partial charge < -0.3 is 49.3 Å². The quantitative estimate of drug-likeness (QED) is 0.123. The Hall–Kier alpha value is 1.41. The van der Waals surface area contributed by atoms with Gasteiger partial charge >= 0.3 is 88.7 Å². The van der Waals surface area contributed by atoms with E-state index >= 15 is 0 Å². The molecule has 0 radical (unpaired) electrons. The maximum atomic E-state index is 11.8. The van der Waals surface area contributed by atoms with Crippen molar-refractivity contribution >= 4 is 51.7 Å². The maximum absolute atomic E-state index is 11.8. The predicted octanol–water partition coefficient (Wildman–Crippen LogP) is -10.2.